The summed E-state index contributed by atoms with van der Waals surface area (Å²) < 4.78 is 32.9. The van der Waals surface area contributed by atoms with E-state index in [1.807, 2.05) is 16.7 Å². The molecule has 9 heteroatoms. The first-order valence-electron chi connectivity index (χ1n) is 9.99. The molecule has 162 valence electrons. The SMILES string of the molecule is CC(C)N(C)S(=O)(=O)c1ccc(Cl)c(C(=O)N(CC2CCCO2)C2CCSC2)c1. The molecule has 2 unspecified atom stereocenters. The third kappa shape index (κ3) is 5.10. The summed E-state index contributed by atoms with van der Waals surface area (Å²) in [6, 6.07) is 4.31. The minimum atomic E-state index is -3.70. The topological polar surface area (TPSA) is 66.9 Å². The van der Waals surface area contributed by atoms with Gasteiger partial charge in [0, 0.05) is 38.0 Å². The van der Waals surface area contributed by atoms with Gasteiger partial charge in [0.2, 0.25) is 10.0 Å². The highest BCUT2D eigenvalue weighted by molar-refractivity contribution is 7.99. The van der Waals surface area contributed by atoms with Crippen molar-refractivity contribution in [2.45, 2.75) is 56.2 Å². The van der Waals surface area contributed by atoms with E-state index in [2.05, 4.69) is 0 Å². The van der Waals surface area contributed by atoms with Crippen molar-refractivity contribution >= 4 is 39.3 Å². The van der Waals surface area contributed by atoms with E-state index in [-0.39, 0.29) is 39.6 Å². The molecule has 2 aliphatic rings. The van der Waals surface area contributed by atoms with Gasteiger partial charge in [-0.15, -0.1) is 0 Å². The highest BCUT2D eigenvalue weighted by Crippen LogP contribution is 2.29. The van der Waals surface area contributed by atoms with Crippen molar-refractivity contribution in [3.8, 4) is 0 Å². The van der Waals surface area contributed by atoms with E-state index >= 15 is 0 Å². The average Bonchev–Trinajstić information content (AvgIpc) is 3.39. The maximum Gasteiger partial charge on any atom is 0.255 e. The highest BCUT2D eigenvalue weighted by Gasteiger charge is 2.33. The molecule has 2 saturated heterocycles. The van der Waals surface area contributed by atoms with Crippen LogP contribution >= 0.6 is 23.4 Å². The van der Waals surface area contributed by atoms with Crippen molar-refractivity contribution in [1.29, 1.82) is 0 Å². The van der Waals surface area contributed by atoms with Crippen LogP contribution in [0.2, 0.25) is 5.02 Å². The quantitative estimate of drug-likeness (QED) is 0.623. The number of carbonyl (C=O) groups excluding carboxylic acids is 1. The van der Waals surface area contributed by atoms with Crippen LogP contribution in [0.1, 0.15) is 43.5 Å². The molecule has 1 aromatic rings. The maximum absolute atomic E-state index is 13.5. The van der Waals surface area contributed by atoms with Crippen LogP contribution in [0.5, 0.6) is 0 Å². The number of rotatable bonds is 7. The summed E-state index contributed by atoms with van der Waals surface area (Å²) in [5.41, 5.74) is 0.236. The van der Waals surface area contributed by atoms with Crippen molar-refractivity contribution in [1.82, 2.24) is 9.21 Å². The molecule has 0 radical (unpaired) electrons. The highest BCUT2D eigenvalue weighted by atomic mass is 35.5. The number of halogens is 1. The first-order chi connectivity index (χ1) is 13.7. The first-order valence-corrected chi connectivity index (χ1v) is 13.0. The Kier molecular flexibility index (Phi) is 7.54. The summed E-state index contributed by atoms with van der Waals surface area (Å²) in [4.78, 5) is 15.4. The van der Waals surface area contributed by atoms with Crippen molar-refractivity contribution < 1.29 is 17.9 Å². The van der Waals surface area contributed by atoms with E-state index in [4.69, 9.17) is 16.3 Å². The summed E-state index contributed by atoms with van der Waals surface area (Å²) in [6.45, 7) is 4.85. The Morgan fingerprint density at radius 3 is 2.69 bits per heavy atom. The second-order valence-electron chi connectivity index (χ2n) is 7.87. The molecule has 2 heterocycles. The summed E-state index contributed by atoms with van der Waals surface area (Å²) in [7, 11) is -2.17. The van der Waals surface area contributed by atoms with Crippen LogP contribution in [0, 0.1) is 0 Å². The number of nitrogens with zero attached hydrogens (tertiary/aromatic N) is 2. The van der Waals surface area contributed by atoms with Crippen LogP contribution in [0.4, 0.5) is 0 Å². The fourth-order valence-electron chi connectivity index (χ4n) is 3.60. The molecular weight excluding hydrogens is 432 g/mol. The molecular formula is C20H29ClN2O4S2. The standard InChI is InChI=1S/C20H29ClN2O4S2/c1-14(2)22(3)29(25,26)17-6-7-19(21)18(11-17)20(24)23(15-8-10-28-13-15)12-16-5-4-9-27-16/h6-7,11,14-16H,4-5,8-10,12-13H2,1-3H3. The third-order valence-corrected chi connectivity index (χ3v) is 9.11. The normalized spacial score (nSPS) is 22.6. The molecule has 2 fully saturated rings. The molecule has 0 aliphatic carbocycles. The zero-order valence-electron chi connectivity index (χ0n) is 17.1. The Morgan fingerprint density at radius 1 is 1.34 bits per heavy atom. The lowest BCUT2D eigenvalue weighted by Crippen LogP contribution is -2.45. The van der Waals surface area contributed by atoms with E-state index in [9.17, 15) is 13.2 Å². The number of ether oxygens (including phenoxy) is 1. The predicted molar refractivity (Wildman–Crippen MR) is 117 cm³/mol. The molecule has 2 aliphatic heterocycles. The predicted octanol–water partition coefficient (Wildman–Crippen LogP) is 3.50. The van der Waals surface area contributed by atoms with Gasteiger partial charge in [0.05, 0.1) is 21.6 Å². The molecule has 29 heavy (non-hydrogen) atoms. The number of thioether (sulfide) groups is 1. The monoisotopic (exact) mass is 460 g/mol. The molecule has 0 spiro atoms. The van der Waals surface area contributed by atoms with Crippen molar-refractivity contribution in [2.24, 2.45) is 0 Å². The van der Waals surface area contributed by atoms with Crippen molar-refractivity contribution in [3.05, 3.63) is 28.8 Å². The van der Waals surface area contributed by atoms with Gasteiger partial charge in [-0.25, -0.2) is 8.42 Å². The second kappa shape index (κ2) is 9.56. The minimum absolute atomic E-state index is 0.0299. The molecule has 0 saturated carbocycles. The van der Waals surface area contributed by atoms with Crippen LogP contribution in [0.15, 0.2) is 23.1 Å². The zero-order valence-corrected chi connectivity index (χ0v) is 19.5. The van der Waals surface area contributed by atoms with Gasteiger partial charge in [-0.1, -0.05) is 11.6 Å². The molecule has 0 N–H and O–H groups in total. The van der Waals surface area contributed by atoms with E-state index in [1.165, 1.54) is 29.6 Å². The summed E-state index contributed by atoms with van der Waals surface area (Å²) in [5.74, 6) is 1.67. The van der Waals surface area contributed by atoms with E-state index in [1.54, 1.807) is 13.8 Å². The van der Waals surface area contributed by atoms with E-state index in [0.29, 0.717) is 6.54 Å². The third-order valence-electron chi connectivity index (χ3n) is 5.60. The first kappa shape index (κ1) is 22.9. The van der Waals surface area contributed by atoms with Gasteiger partial charge in [-0.3, -0.25) is 4.79 Å². The van der Waals surface area contributed by atoms with Crippen LogP contribution in [0.3, 0.4) is 0 Å². The Labute approximate surface area is 183 Å². The number of hydrogen-bond acceptors (Lipinski definition) is 5. The van der Waals surface area contributed by atoms with Gasteiger partial charge < -0.3 is 9.64 Å². The largest absolute Gasteiger partial charge is 0.376 e. The van der Waals surface area contributed by atoms with Gasteiger partial charge in [0.1, 0.15) is 0 Å². The minimum Gasteiger partial charge on any atom is -0.376 e. The van der Waals surface area contributed by atoms with E-state index < -0.39 is 10.0 Å². The second-order valence-corrected chi connectivity index (χ2v) is 11.4. The molecule has 6 nitrogen and oxygen atoms in total. The number of sulfonamides is 1. The van der Waals surface area contributed by atoms with Gasteiger partial charge in [-0.05, 0) is 57.1 Å². The summed E-state index contributed by atoms with van der Waals surface area (Å²) in [6.07, 6.45) is 2.89. The lowest BCUT2D eigenvalue weighted by Gasteiger charge is -2.31. The maximum atomic E-state index is 13.5. The van der Waals surface area contributed by atoms with Gasteiger partial charge in [0.15, 0.2) is 0 Å². The van der Waals surface area contributed by atoms with Crippen molar-refractivity contribution in [3.63, 3.8) is 0 Å². The summed E-state index contributed by atoms with van der Waals surface area (Å²) in [5, 5.41) is 0.268. The molecule has 2 atom stereocenters. The fourth-order valence-corrected chi connectivity index (χ4v) is 6.42. The molecule has 0 aromatic heterocycles. The smallest absolute Gasteiger partial charge is 0.255 e. The van der Waals surface area contributed by atoms with Gasteiger partial charge in [-0.2, -0.15) is 16.1 Å². The lowest BCUT2D eigenvalue weighted by atomic mass is 10.1. The molecule has 1 amide bonds. The van der Waals surface area contributed by atoms with Crippen molar-refractivity contribution in [2.75, 3.05) is 31.7 Å². The Morgan fingerprint density at radius 2 is 2.10 bits per heavy atom. The Bertz CT molecular complexity index is 835. The van der Waals surface area contributed by atoms with Gasteiger partial charge in [0.25, 0.3) is 5.91 Å². The molecule has 0 bridgehead atoms. The van der Waals surface area contributed by atoms with Crippen LogP contribution < -0.4 is 0 Å². The average molecular weight is 461 g/mol. The number of benzene rings is 1. The number of hydrogen-bond donors (Lipinski definition) is 0. The lowest BCUT2D eigenvalue weighted by molar-refractivity contribution is 0.0441. The fraction of sp³-hybridized carbons (Fsp3) is 0.650. The van der Waals surface area contributed by atoms with E-state index in [0.717, 1.165) is 37.4 Å². The van der Waals surface area contributed by atoms with Crippen LogP contribution in [-0.4, -0.2) is 73.4 Å². The Hall–Kier alpha value is -0.800. The molecule has 1 aromatic carbocycles. The number of carbonyl (C=O) groups is 1. The zero-order chi connectivity index (χ0) is 21.2. The molecule has 3 rings (SSSR count). The van der Waals surface area contributed by atoms with Gasteiger partial charge >= 0.3 is 0 Å². The Balaban J connectivity index is 1.92. The number of amides is 1. The van der Waals surface area contributed by atoms with Crippen LogP contribution in [0.25, 0.3) is 0 Å². The van der Waals surface area contributed by atoms with Crippen LogP contribution in [-0.2, 0) is 14.8 Å². The summed E-state index contributed by atoms with van der Waals surface area (Å²) >= 11 is 8.19.